The summed E-state index contributed by atoms with van der Waals surface area (Å²) in [5.74, 6) is 0. The van der Waals surface area contributed by atoms with Gasteiger partial charge in [-0.2, -0.15) is 0 Å². The van der Waals surface area contributed by atoms with Crippen LogP contribution in [0, 0.1) is 0 Å². The van der Waals surface area contributed by atoms with Crippen LogP contribution in [0.25, 0.3) is 0 Å². The maximum atomic E-state index is 9.79. The van der Waals surface area contributed by atoms with E-state index in [0.717, 1.165) is 29.4 Å². The second kappa shape index (κ2) is 8.38. The molecule has 0 fully saturated rings. The summed E-state index contributed by atoms with van der Waals surface area (Å²) in [6, 6.07) is 5.80. The zero-order valence-corrected chi connectivity index (χ0v) is 12.6. The number of hydrogen-bond acceptors (Lipinski definition) is 4. The van der Waals surface area contributed by atoms with Crippen molar-refractivity contribution in [3.8, 4) is 0 Å². The molecule has 1 atom stereocenters. The van der Waals surface area contributed by atoms with E-state index in [1.165, 1.54) is 0 Å². The molecule has 4 nitrogen and oxygen atoms in total. The molecule has 1 aromatic carbocycles. The molecule has 0 heterocycles. The molecule has 0 radical (unpaired) electrons. The third-order valence-electron chi connectivity index (χ3n) is 2.86. The van der Waals surface area contributed by atoms with Crippen LogP contribution in [0.1, 0.15) is 12.5 Å². The topological polar surface area (TPSA) is 44.7 Å². The fourth-order valence-corrected chi connectivity index (χ4v) is 2.18. The van der Waals surface area contributed by atoms with Gasteiger partial charge in [0.2, 0.25) is 0 Å². The molecule has 1 unspecified atom stereocenters. The smallest absolute Gasteiger partial charge is 0.0947 e. The van der Waals surface area contributed by atoms with E-state index < -0.39 is 6.10 Å². The predicted molar refractivity (Wildman–Crippen MR) is 80.0 cm³/mol. The van der Waals surface area contributed by atoms with Crippen molar-refractivity contribution in [1.82, 2.24) is 5.32 Å². The SMILES string of the molecule is CCNCc1cc(Cl)ccc1N(C)CC(O)COC. The summed E-state index contributed by atoms with van der Waals surface area (Å²) < 4.78 is 4.94. The molecule has 2 N–H and O–H groups in total. The Bertz CT molecular complexity index is 388. The number of nitrogens with zero attached hydrogens (tertiary/aromatic N) is 1. The molecule has 108 valence electrons. The van der Waals surface area contributed by atoms with Crippen molar-refractivity contribution in [3.05, 3.63) is 28.8 Å². The third kappa shape index (κ3) is 5.37. The number of anilines is 1. The summed E-state index contributed by atoms with van der Waals surface area (Å²) in [7, 11) is 3.54. The van der Waals surface area contributed by atoms with Crippen molar-refractivity contribution in [2.24, 2.45) is 0 Å². The predicted octanol–water partition coefficient (Wildman–Crippen LogP) is 1.89. The van der Waals surface area contributed by atoms with Crippen LogP contribution in [-0.2, 0) is 11.3 Å². The number of methoxy groups -OCH3 is 1. The first-order valence-electron chi connectivity index (χ1n) is 6.45. The van der Waals surface area contributed by atoms with Crippen molar-refractivity contribution in [1.29, 1.82) is 0 Å². The van der Waals surface area contributed by atoms with Gasteiger partial charge in [-0.3, -0.25) is 0 Å². The Kier molecular flexibility index (Phi) is 7.16. The van der Waals surface area contributed by atoms with Crippen LogP contribution >= 0.6 is 11.6 Å². The number of aliphatic hydroxyl groups is 1. The van der Waals surface area contributed by atoms with E-state index in [-0.39, 0.29) is 0 Å². The standard InChI is InChI=1S/C14H23ClN2O2/c1-4-16-8-11-7-12(15)5-6-14(11)17(2)9-13(18)10-19-3/h5-7,13,16,18H,4,8-10H2,1-3H3. The van der Waals surface area contributed by atoms with Gasteiger partial charge in [-0.05, 0) is 30.3 Å². The van der Waals surface area contributed by atoms with Gasteiger partial charge in [0.15, 0.2) is 0 Å². The Hall–Kier alpha value is -0.810. The molecule has 0 aliphatic carbocycles. The lowest BCUT2D eigenvalue weighted by molar-refractivity contribution is 0.0695. The number of ether oxygens (including phenoxy) is 1. The highest BCUT2D eigenvalue weighted by molar-refractivity contribution is 6.30. The van der Waals surface area contributed by atoms with E-state index in [1.807, 2.05) is 30.1 Å². The summed E-state index contributed by atoms with van der Waals surface area (Å²) in [6.45, 7) is 4.59. The zero-order valence-electron chi connectivity index (χ0n) is 11.8. The van der Waals surface area contributed by atoms with E-state index in [0.29, 0.717) is 13.2 Å². The molecule has 19 heavy (non-hydrogen) atoms. The number of benzene rings is 1. The van der Waals surface area contributed by atoms with Gasteiger partial charge in [0.25, 0.3) is 0 Å². The van der Waals surface area contributed by atoms with E-state index in [1.54, 1.807) is 7.11 Å². The van der Waals surface area contributed by atoms with Gasteiger partial charge in [-0.25, -0.2) is 0 Å². The molecule has 0 aromatic heterocycles. The summed E-state index contributed by atoms with van der Waals surface area (Å²) in [6.07, 6.45) is -0.502. The molecule has 0 aliphatic heterocycles. The lowest BCUT2D eigenvalue weighted by Gasteiger charge is -2.25. The number of halogens is 1. The zero-order chi connectivity index (χ0) is 14.3. The fraction of sp³-hybridized carbons (Fsp3) is 0.571. The van der Waals surface area contributed by atoms with Gasteiger partial charge < -0.3 is 20.1 Å². The van der Waals surface area contributed by atoms with E-state index in [4.69, 9.17) is 16.3 Å². The minimum absolute atomic E-state index is 0.334. The average Bonchev–Trinajstić information content (AvgIpc) is 2.36. The lowest BCUT2D eigenvalue weighted by Crippen LogP contribution is -2.32. The van der Waals surface area contributed by atoms with E-state index in [2.05, 4.69) is 12.2 Å². The first-order chi connectivity index (χ1) is 9.08. The maximum Gasteiger partial charge on any atom is 0.0947 e. The number of rotatable bonds is 8. The van der Waals surface area contributed by atoms with E-state index in [9.17, 15) is 5.11 Å². The molecule has 5 heteroatoms. The van der Waals surface area contributed by atoms with Gasteiger partial charge in [0, 0.05) is 38.0 Å². The fourth-order valence-electron chi connectivity index (χ4n) is 1.99. The lowest BCUT2D eigenvalue weighted by atomic mass is 10.1. The van der Waals surface area contributed by atoms with Gasteiger partial charge in [-0.15, -0.1) is 0 Å². The molecule has 0 saturated carbocycles. The third-order valence-corrected chi connectivity index (χ3v) is 3.10. The van der Waals surface area contributed by atoms with Crippen LogP contribution in [0.4, 0.5) is 5.69 Å². The normalized spacial score (nSPS) is 12.5. The van der Waals surface area contributed by atoms with E-state index >= 15 is 0 Å². The average molecular weight is 287 g/mol. The highest BCUT2D eigenvalue weighted by Crippen LogP contribution is 2.23. The highest BCUT2D eigenvalue weighted by Gasteiger charge is 2.12. The van der Waals surface area contributed by atoms with Crippen LogP contribution in [0.2, 0.25) is 5.02 Å². The first kappa shape index (κ1) is 16.2. The first-order valence-corrected chi connectivity index (χ1v) is 6.83. The molecule has 1 rings (SSSR count). The summed E-state index contributed by atoms with van der Waals surface area (Å²) in [5.41, 5.74) is 2.20. The van der Waals surface area contributed by atoms with Crippen LogP contribution in [0.15, 0.2) is 18.2 Å². The van der Waals surface area contributed by atoms with Crippen molar-refractivity contribution in [2.45, 2.75) is 19.6 Å². The van der Waals surface area contributed by atoms with Crippen LogP contribution in [0.5, 0.6) is 0 Å². The summed E-state index contributed by atoms with van der Waals surface area (Å²) in [5, 5.41) is 13.8. The molecular weight excluding hydrogens is 264 g/mol. The van der Waals surface area contributed by atoms with Crippen LogP contribution in [0.3, 0.4) is 0 Å². The Morgan fingerprint density at radius 1 is 1.47 bits per heavy atom. The summed E-state index contributed by atoms with van der Waals surface area (Å²) >= 11 is 6.04. The molecule has 0 spiro atoms. The highest BCUT2D eigenvalue weighted by atomic mass is 35.5. The molecular formula is C14H23ClN2O2. The van der Waals surface area contributed by atoms with Gasteiger partial charge in [0.1, 0.15) is 0 Å². The largest absolute Gasteiger partial charge is 0.389 e. The minimum Gasteiger partial charge on any atom is -0.389 e. The van der Waals surface area contributed by atoms with Crippen molar-refractivity contribution < 1.29 is 9.84 Å². The van der Waals surface area contributed by atoms with Gasteiger partial charge in [0.05, 0.1) is 12.7 Å². The molecule has 0 amide bonds. The molecule has 0 saturated heterocycles. The van der Waals surface area contributed by atoms with Crippen molar-refractivity contribution in [2.75, 3.05) is 38.8 Å². The Balaban J connectivity index is 2.79. The maximum absolute atomic E-state index is 9.79. The Labute approximate surface area is 120 Å². The van der Waals surface area contributed by atoms with Crippen molar-refractivity contribution >= 4 is 17.3 Å². The number of aliphatic hydroxyl groups excluding tert-OH is 1. The Morgan fingerprint density at radius 3 is 2.84 bits per heavy atom. The second-order valence-electron chi connectivity index (χ2n) is 4.54. The van der Waals surface area contributed by atoms with Gasteiger partial charge in [-0.1, -0.05) is 18.5 Å². The quantitative estimate of drug-likeness (QED) is 0.766. The van der Waals surface area contributed by atoms with Crippen molar-refractivity contribution in [3.63, 3.8) is 0 Å². The number of hydrogen-bond donors (Lipinski definition) is 2. The van der Waals surface area contributed by atoms with Crippen LogP contribution < -0.4 is 10.2 Å². The van der Waals surface area contributed by atoms with Gasteiger partial charge >= 0.3 is 0 Å². The molecule has 1 aromatic rings. The second-order valence-corrected chi connectivity index (χ2v) is 4.98. The number of likely N-dealkylation sites (N-methyl/N-ethyl adjacent to an activating group) is 1. The minimum atomic E-state index is -0.502. The van der Waals surface area contributed by atoms with Crippen LogP contribution in [-0.4, -0.2) is 45.1 Å². The molecule has 0 bridgehead atoms. The monoisotopic (exact) mass is 286 g/mol. The number of nitrogens with one attached hydrogen (secondary N) is 1. The Morgan fingerprint density at radius 2 is 2.21 bits per heavy atom. The molecule has 0 aliphatic rings. The summed E-state index contributed by atoms with van der Waals surface area (Å²) in [4.78, 5) is 2.02.